The molecule has 2 amide bonds. The van der Waals surface area contributed by atoms with Crippen molar-refractivity contribution in [2.24, 2.45) is 13.0 Å². The van der Waals surface area contributed by atoms with Gasteiger partial charge in [-0.15, -0.1) is 0 Å². The monoisotopic (exact) mass is 368 g/mol. The minimum Gasteiger partial charge on any atom is -0.341 e. The number of carbonyl (C=O) groups is 2. The lowest BCUT2D eigenvalue weighted by molar-refractivity contribution is -0.138. The Morgan fingerprint density at radius 2 is 1.81 bits per heavy atom. The van der Waals surface area contributed by atoms with Crippen molar-refractivity contribution >= 4 is 22.8 Å². The third-order valence-electron chi connectivity index (χ3n) is 6.14. The summed E-state index contributed by atoms with van der Waals surface area (Å²) in [5.41, 5.74) is 3.02. The minimum atomic E-state index is 0.139. The van der Waals surface area contributed by atoms with Crippen LogP contribution in [0.25, 0.3) is 11.0 Å². The number of aryl methyl sites for hydroxylation is 2. The van der Waals surface area contributed by atoms with Crippen LogP contribution < -0.4 is 0 Å². The zero-order chi connectivity index (χ0) is 19.0. The summed E-state index contributed by atoms with van der Waals surface area (Å²) in [4.78, 5) is 33.7. The van der Waals surface area contributed by atoms with Crippen molar-refractivity contribution in [3.05, 3.63) is 29.6 Å². The topological polar surface area (TPSA) is 58.4 Å². The van der Waals surface area contributed by atoms with Crippen LogP contribution in [0, 0.1) is 12.8 Å². The highest BCUT2D eigenvalue weighted by Crippen LogP contribution is 2.28. The summed E-state index contributed by atoms with van der Waals surface area (Å²) >= 11 is 0. The molecule has 4 rings (SSSR count). The number of benzene rings is 1. The van der Waals surface area contributed by atoms with Crippen LogP contribution in [0.5, 0.6) is 0 Å². The maximum absolute atomic E-state index is 12.8. The van der Waals surface area contributed by atoms with Crippen LogP contribution in [-0.4, -0.2) is 57.3 Å². The number of nitrogens with zero attached hydrogens (tertiary/aromatic N) is 4. The van der Waals surface area contributed by atoms with E-state index in [1.807, 2.05) is 42.0 Å². The smallest absolute Gasteiger partial charge is 0.227 e. The van der Waals surface area contributed by atoms with Crippen LogP contribution in [0.15, 0.2) is 18.2 Å². The van der Waals surface area contributed by atoms with Gasteiger partial charge in [-0.2, -0.15) is 0 Å². The van der Waals surface area contributed by atoms with Gasteiger partial charge in [0, 0.05) is 39.1 Å². The Hall–Kier alpha value is -2.37. The minimum absolute atomic E-state index is 0.139. The Morgan fingerprint density at radius 1 is 1.07 bits per heavy atom. The number of carbonyl (C=O) groups excluding carboxylic acids is 2. The molecule has 1 aromatic heterocycles. The number of hydrogen-bond donors (Lipinski definition) is 0. The molecule has 1 saturated carbocycles. The van der Waals surface area contributed by atoms with Gasteiger partial charge < -0.3 is 14.4 Å². The van der Waals surface area contributed by atoms with E-state index in [-0.39, 0.29) is 11.8 Å². The Kier molecular flexibility index (Phi) is 4.89. The molecule has 1 saturated heterocycles. The van der Waals surface area contributed by atoms with Gasteiger partial charge in [-0.05, 0) is 43.9 Å². The number of rotatable bonds is 3. The molecule has 0 N–H and O–H groups in total. The van der Waals surface area contributed by atoms with E-state index in [1.165, 1.54) is 6.42 Å². The molecule has 0 atom stereocenters. The van der Waals surface area contributed by atoms with E-state index >= 15 is 0 Å². The summed E-state index contributed by atoms with van der Waals surface area (Å²) in [5.74, 6) is 1.64. The second-order valence-corrected chi connectivity index (χ2v) is 7.91. The van der Waals surface area contributed by atoms with E-state index < -0.39 is 0 Å². The van der Waals surface area contributed by atoms with Crippen LogP contribution in [0.1, 0.15) is 37.1 Å². The third-order valence-corrected chi connectivity index (χ3v) is 6.14. The molecule has 144 valence electrons. The molecule has 1 aliphatic heterocycles. The lowest BCUT2D eigenvalue weighted by Crippen LogP contribution is -2.41. The molecule has 2 heterocycles. The molecule has 0 radical (unpaired) electrons. The zero-order valence-electron chi connectivity index (χ0n) is 16.3. The average molecular weight is 368 g/mol. The summed E-state index contributed by atoms with van der Waals surface area (Å²) in [6.45, 7) is 4.80. The van der Waals surface area contributed by atoms with Crippen molar-refractivity contribution in [2.75, 3.05) is 26.2 Å². The number of fused-ring (bicyclic) bond motifs is 1. The Morgan fingerprint density at radius 3 is 2.56 bits per heavy atom. The van der Waals surface area contributed by atoms with Crippen molar-refractivity contribution in [3.8, 4) is 0 Å². The number of aromatic nitrogens is 2. The highest BCUT2D eigenvalue weighted by atomic mass is 16.2. The van der Waals surface area contributed by atoms with Crippen molar-refractivity contribution in [1.29, 1.82) is 0 Å². The fraction of sp³-hybridized carbons (Fsp3) is 0.571. The Labute approximate surface area is 160 Å². The van der Waals surface area contributed by atoms with Gasteiger partial charge in [-0.25, -0.2) is 4.98 Å². The first kappa shape index (κ1) is 18.0. The molecule has 6 nitrogen and oxygen atoms in total. The fourth-order valence-corrected chi connectivity index (χ4v) is 4.06. The number of hydrogen-bond acceptors (Lipinski definition) is 3. The maximum atomic E-state index is 12.8. The van der Waals surface area contributed by atoms with E-state index in [1.54, 1.807) is 0 Å². The van der Waals surface area contributed by atoms with Gasteiger partial charge in [0.05, 0.1) is 17.5 Å². The molecule has 2 fully saturated rings. The third kappa shape index (κ3) is 3.57. The molecule has 0 bridgehead atoms. The van der Waals surface area contributed by atoms with Gasteiger partial charge in [0.2, 0.25) is 11.8 Å². The fourth-order valence-electron chi connectivity index (χ4n) is 4.06. The summed E-state index contributed by atoms with van der Waals surface area (Å²) in [6, 6.07) is 6.08. The summed E-state index contributed by atoms with van der Waals surface area (Å²) in [5, 5.41) is 0. The number of amides is 2. The normalized spacial score (nSPS) is 18.4. The van der Waals surface area contributed by atoms with Gasteiger partial charge in [-0.3, -0.25) is 9.59 Å². The van der Waals surface area contributed by atoms with Crippen LogP contribution in [0.2, 0.25) is 0 Å². The first-order valence-corrected chi connectivity index (χ1v) is 10.0. The van der Waals surface area contributed by atoms with E-state index in [2.05, 4.69) is 9.55 Å². The van der Waals surface area contributed by atoms with Crippen LogP contribution in [-0.2, 0) is 23.1 Å². The van der Waals surface area contributed by atoms with E-state index in [0.29, 0.717) is 25.4 Å². The molecule has 0 spiro atoms. The highest BCUT2D eigenvalue weighted by molar-refractivity contribution is 5.83. The first-order valence-electron chi connectivity index (χ1n) is 10.0. The molecule has 6 heteroatoms. The summed E-state index contributed by atoms with van der Waals surface area (Å²) in [7, 11) is 2.00. The zero-order valence-corrected chi connectivity index (χ0v) is 16.3. The molecule has 1 aromatic carbocycles. The number of imidazole rings is 1. The standard InChI is InChI=1S/C21H28N4O2/c1-15-22-18-13-16(7-8-19(18)23(15)2)14-20(26)24-9-4-10-25(12-11-24)21(27)17-5-3-6-17/h7-8,13,17H,3-6,9-12,14H2,1-2H3. The van der Waals surface area contributed by atoms with Gasteiger partial charge >= 0.3 is 0 Å². The predicted octanol–water partition coefficient (Wildman–Crippen LogP) is 2.29. The van der Waals surface area contributed by atoms with Gasteiger partial charge in [0.1, 0.15) is 5.82 Å². The lowest BCUT2D eigenvalue weighted by atomic mass is 9.84. The molecular weight excluding hydrogens is 340 g/mol. The first-order chi connectivity index (χ1) is 13.0. The quantitative estimate of drug-likeness (QED) is 0.835. The molecule has 2 aromatic rings. The summed E-state index contributed by atoms with van der Waals surface area (Å²) in [6.07, 6.45) is 4.50. The van der Waals surface area contributed by atoms with Crippen molar-refractivity contribution < 1.29 is 9.59 Å². The van der Waals surface area contributed by atoms with E-state index in [0.717, 1.165) is 54.8 Å². The second-order valence-electron chi connectivity index (χ2n) is 7.91. The van der Waals surface area contributed by atoms with Crippen molar-refractivity contribution in [2.45, 2.75) is 39.0 Å². The highest BCUT2D eigenvalue weighted by Gasteiger charge is 2.30. The largest absolute Gasteiger partial charge is 0.341 e. The van der Waals surface area contributed by atoms with Crippen molar-refractivity contribution in [1.82, 2.24) is 19.4 Å². The van der Waals surface area contributed by atoms with Gasteiger partial charge in [-0.1, -0.05) is 12.5 Å². The van der Waals surface area contributed by atoms with Crippen molar-refractivity contribution in [3.63, 3.8) is 0 Å². The molecule has 0 unspecified atom stereocenters. The van der Waals surface area contributed by atoms with Gasteiger partial charge in [0.25, 0.3) is 0 Å². The molecule has 1 aliphatic carbocycles. The van der Waals surface area contributed by atoms with Crippen LogP contribution in [0.4, 0.5) is 0 Å². The lowest BCUT2D eigenvalue weighted by Gasteiger charge is -2.31. The molecular formula is C21H28N4O2. The molecule has 2 aliphatic rings. The summed E-state index contributed by atoms with van der Waals surface area (Å²) < 4.78 is 2.06. The second kappa shape index (κ2) is 7.33. The maximum Gasteiger partial charge on any atom is 0.227 e. The predicted molar refractivity (Wildman–Crippen MR) is 104 cm³/mol. The van der Waals surface area contributed by atoms with Gasteiger partial charge in [0.15, 0.2) is 0 Å². The van der Waals surface area contributed by atoms with E-state index in [4.69, 9.17) is 0 Å². The molecule has 27 heavy (non-hydrogen) atoms. The SMILES string of the molecule is Cc1nc2cc(CC(=O)N3CCCN(C(=O)C4CCC4)CC3)ccc2n1C. The Balaban J connectivity index is 1.38. The average Bonchev–Trinajstić information content (AvgIpc) is 2.78. The van der Waals surface area contributed by atoms with E-state index in [9.17, 15) is 9.59 Å². The van der Waals surface area contributed by atoms with Crippen LogP contribution >= 0.6 is 0 Å². The Bertz CT molecular complexity index is 868. The van der Waals surface area contributed by atoms with Crippen LogP contribution in [0.3, 0.4) is 0 Å².